The van der Waals surface area contributed by atoms with E-state index in [-0.39, 0.29) is 25.0 Å². The summed E-state index contributed by atoms with van der Waals surface area (Å²) in [5.74, 6) is -2.90. The van der Waals surface area contributed by atoms with Crippen LogP contribution < -0.4 is 5.32 Å². The van der Waals surface area contributed by atoms with E-state index in [0.717, 1.165) is 0 Å². The first-order chi connectivity index (χ1) is 8.86. The van der Waals surface area contributed by atoms with Crippen molar-refractivity contribution in [2.75, 3.05) is 6.54 Å². The molecule has 0 aromatic carbocycles. The predicted molar refractivity (Wildman–Crippen MR) is 67.4 cm³/mol. The number of carbonyl (C=O) groups excluding carboxylic acids is 2. The van der Waals surface area contributed by atoms with E-state index in [2.05, 4.69) is 5.32 Å². The summed E-state index contributed by atoms with van der Waals surface area (Å²) in [5.41, 5.74) is 0.556. The minimum Gasteiger partial charge on any atom is -0.481 e. The number of aliphatic hydroxyl groups is 1. The molecule has 1 rings (SSSR count). The number of ketones is 2. The van der Waals surface area contributed by atoms with Gasteiger partial charge < -0.3 is 15.5 Å². The highest BCUT2D eigenvalue weighted by Crippen LogP contribution is 2.25. The molecule has 1 fully saturated rings. The number of hydrogen-bond donors (Lipinski definition) is 3. The third kappa shape index (κ3) is 3.89. The van der Waals surface area contributed by atoms with Crippen LogP contribution in [0.3, 0.4) is 0 Å². The number of rotatable bonds is 5. The Morgan fingerprint density at radius 3 is 2.26 bits per heavy atom. The quantitative estimate of drug-likeness (QED) is 0.488. The number of aliphatic carboxylic acids is 1. The van der Waals surface area contributed by atoms with Gasteiger partial charge in [0.2, 0.25) is 0 Å². The minimum atomic E-state index is -1.12. The lowest BCUT2D eigenvalue weighted by Crippen LogP contribution is -2.34. The summed E-state index contributed by atoms with van der Waals surface area (Å²) < 4.78 is 0. The van der Waals surface area contributed by atoms with Gasteiger partial charge in [0.25, 0.3) is 0 Å². The molecular weight excluding hydrogens is 250 g/mol. The van der Waals surface area contributed by atoms with E-state index in [9.17, 15) is 19.5 Å². The lowest BCUT2D eigenvalue weighted by atomic mass is 9.82. The SMILES string of the molecule is CCC(NCC(C)O)=C1C(=O)CC(C(=O)O)CC1=O. The molecule has 0 amide bonds. The van der Waals surface area contributed by atoms with Crippen LogP contribution in [0, 0.1) is 5.92 Å². The number of carboxylic acid groups (broad SMARTS) is 1. The molecule has 6 heteroatoms. The maximum Gasteiger partial charge on any atom is 0.307 e. The molecule has 1 atom stereocenters. The van der Waals surface area contributed by atoms with E-state index in [1.54, 1.807) is 13.8 Å². The Labute approximate surface area is 111 Å². The van der Waals surface area contributed by atoms with Crippen molar-refractivity contribution in [1.82, 2.24) is 5.32 Å². The Morgan fingerprint density at radius 2 is 1.89 bits per heavy atom. The molecule has 0 bridgehead atoms. The molecule has 6 nitrogen and oxygen atoms in total. The number of nitrogens with one attached hydrogen (secondary N) is 1. The average Bonchev–Trinajstić information content (AvgIpc) is 2.31. The Bertz CT molecular complexity index is 405. The fourth-order valence-corrected chi connectivity index (χ4v) is 2.05. The van der Waals surface area contributed by atoms with Gasteiger partial charge >= 0.3 is 5.97 Å². The van der Waals surface area contributed by atoms with E-state index in [1.165, 1.54) is 0 Å². The second kappa shape index (κ2) is 6.47. The van der Waals surface area contributed by atoms with Gasteiger partial charge in [0.1, 0.15) is 0 Å². The second-order valence-electron chi connectivity index (χ2n) is 4.73. The van der Waals surface area contributed by atoms with Gasteiger partial charge in [-0.1, -0.05) is 6.92 Å². The monoisotopic (exact) mass is 269 g/mol. The summed E-state index contributed by atoms with van der Waals surface area (Å²) in [5, 5.41) is 21.0. The first-order valence-electron chi connectivity index (χ1n) is 6.31. The molecule has 0 aromatic rings. The number of Topliss-reactive ketones (excluding diaryl/α,β-unsaturated/α-hetero) is 2. The number of aliphatic hydroxyl groups excluding tert-OH is 1. The Hall–Kier alpha value is -1.69. The summed E-state index contributed by atoms with van der Waals surface area (Å²) in [6, 6.07) is 0. The van der Waals surface area contributed by atoms with Gasteiger partial charge in [-0.25, -0.2) is 0 Å². The molecule has 0 radical (unpaired) electrons. The summed E-state index contributed by atoms with van der Waals surface area (Å²) >= 11 is 0. The molecule has 0 saturated heterocycles. The van der Waals surface area contributed by atoms with Crippen LogP contribution in [0.5, 0.6) is 0 Å². The number of allylic oxidation sites excluding steroid dienone is 2. The Balaban J connectivity index is 2.94. The van der Waals surface area contributed by atoms with Gasteiger partial charge in [0.05, 0.1) is 17.6 Å². The standard InChI is InChI=1S/C13H19NO5/c1-3-9(14-6-7(2)15)12-10(16)4-8(13(18)19)5-11(12)17/h7-8,14-15H,3-6H2,1-2H3,(H,18,19). The number of hydrogen-bond acceptors (Lipinski definition) is 5. The van der Waals surface area contributed by atoms with E-state index >= 15 is 0 Å². The molecular formula is C13H19NO5. The largest absolute Gasteiger partial charge is 0.481 e. The van der Waals surface area contributed by atoms with Crippen molar-refractivity contribution < 1.29 is 24.6 Å². The van der Waals surface area contributed by atoms with Gasteiger partial charge in [-0.3, -0.25) is 14.4 Å². The van der Waals surface area contributed by atoms with E-state index < -0.39 is 29.6 Å². The number of carbonyl (C=O) groups is 3. The topological polar surface area (TPSA) is 104 Å². The lowest BCUT2D eigenvalue weighted by molar-refractivity contribution is -0.146. The highest BCUT2D eigenvalue weighted by molar-refractivity contribution is 6.23. The van der Waals surface area contributed by atoms with Crippen LogP contribution in [0.2, 0.25) is 0 Å². The summed E-state index contributed by atoms with van der Waals surface area (Å²) in [6.45, 7) is 3.63. The van der Waals surface area contributed by atoms with Crippen LogP contribution in [0.1, 0.15) is 33.1 Å². The molecule has 0 aromatic heterocycles. The maximum absolute atomic E-state index is 11.9. The van der Waals surface area contributed by atoms with Gasteiger partial charge in [-0.15, -0.1) is 0 Å². The van der Waals surface area contributed by atoms with Gasteiger partial charge in [-0.2, -0.15) is 0 Å². The molecule has 0 spiro atoms. The highest BCUT2D eigenvalue weighted by Gasteiger charge is 2.35. The second-order valence-corrected chi connectivity index (χ2v) is 4.73. The van der Waals surface area contributed by atoms with Crippen molar-refractivity contribution >= 4 is 17.5 Å². The van der Waals surface area contributed by atoms with Gasteiger partial charge in [-0.05, 0) is 13.3 Å². The minimum absolute atomic E-state index is 0.0700. The van der Waals surface area contributed by atoms with Crippen LogP contribution in [0.4, 0.5) is 0 Å². The van der Waals surface area contributed by atoms with E-state index in [1.807, 2.05) is 0 Å². The zero-order valence-corrected chi connectivity index (χ0v) is 11.1. The van der Waals surface area contributed by atoms with Crippen molar-refractivity contribution in [2.24, 2.45) is 5.92 Å². The average molecular weight is 269 g/mol. The number of carboxylic acids is 1. The first kappa shape index (κ1) is 15.4. The van der Waals surface area contributed by atoms with Crippen molar-refractivity contribution in [3.63, 3.8) is 0 Å². The molecule has 0 heterocycles. The van der Waals surface area contributed by atoms with Gasteiger partial charge in [0, 0.05) is 25.1 Å². The Morgan fingerprint density at radius 1 is 1.37 bits per heavy atom. The fraction of sp³-hybridized carbons (Fsp3) is 0.615. The maximum atomic E-state index is 11.9. The summed E-state index contributed by atoms with van der Waals surface area (Å²) in [7, 11) is 0. The zero-order chi connectivity index (χ0) is 14.6. The van der Waals surface area contributed by atoms with Crippen molar-refractivity contribution in [1.29, 1.82) is 0 Å². The molecule has 1 saturated carbocycles. The molecule has 1 aliphatic rings. The first-order valence-corrected chi connectivity index (χ1v) is 6.31. The van der Waals surface area contributed by atoms with Crippen molar-refractivity contribution in [3.05, 3.63) is 11.3 Å². The van der Waals surface area contributed by atoms with Crippen molar-refractivity contribution in [3.8, 4) is 0 Å². The predicted octanol–water partition coefficient (Wildman–Crippen LogP) is 0.254. The third-order valence-electron chi connectivity index (χ3n) is 3.04. The molecule has 0 aliphatic heterocycles. The molecule has 19 heavy (non-hydrogen) atoms. The third-order valence-corrected chi connectivity index (χ3v) is 3.04. The zero-order valence-electron chi connectivity index (χ0n) is 11.1. The Kier molecular flexibility index (Phi) is 5.23. The summed E-state index contributed by atoms with van der Waals surface area (Å²) in [4.78, 5) is 34.7. The van der Waals surface area contributed by atoms with Crippen LogP contribution >= 0.6 is 0 Å². The molecule has 106 valence electrons. The molecule has 3 N–H and O–H groups in total. The van der Waals surface area contributed by atoms with Gasteiger partial charge in [0.15, 0.2) is 11.6 Å². The normalized spacial score (nSPS) is 21.2. The van der Waals surface area contributed by atoms with Crippen LogP contribution in [0.15, 0.2) is 11.3 Å². The molecule has 1 aliphatic carbocycles. The van der Waals surface area contributed by atoms with Crippen LogP contribution in [-0.2, 0) is 14.4 Å². The summed E-state index contributed by atoms with van der Waals surface area (Å²) in [6.07, 6.45) is -0.424. The fourth-order valence-electron chi connectivity index (χ4n) is 2.05. The van der Waals surface area contributed by atoms with E-state index in [4.69, 9.17) is 5.11 Å². The highest BCUT2D eigenvalue weighted by atomic mass is 16.4. The van der Waals surface area contributed by atoms with Crippen LogP contribution in [-0.4, -0.2) is 40.4 Å². The lowest BCUT2D eigenvalue weighted by Gasteiger charge is -2.22. The van der Waals surface area contributed by atoms with Crippen molar-refractivity contribution in [2.45, 2.75) is 39.2 Å². The van der Waals surface area contributed by atoms with Crippen LogP contribution in [0.25, 0.3) is 0 Å². The van der Waals surface area contributed by atoms with E-state index in [0.29, 0.717) is 12.1 Å². The smallest absolute Gasteiger partial charge is 0.307 e. The molecule has 1 unspecified atom stereocenters.